The molecule has 3 aromatic rings. The molecular formula is C21H24N6OS. The van der Waals surface area contributed by atoms with Crippen LogP contribution in [0.3, 0.4) is 0 Å². The van der Waals surface area contributed by atoms with E-state index < -0.39 is 0 Å². The van der Waals surface area contributed by atoms with Crippen LogP contribution in [-0.4, -0.2) is 26.6 Å². The van der Waals surface area contributed by atoms with Crippen LogP contribution in [0.1, 0.15) is 22.5 Å². The van der Waals surface area contributed by atoms with Crippen molar-refractivity contribution < 1.29 is 4.79 Å². The van der Waals surface area contributed by atoms with Crippen molar-refractivity contribution >= 4 is 40.9 Å². The zero-order chi connectivity index (χ0) is 20.8. The molecule has 150 valence electrons. The Kier molecular flexibility index (Phi) is 6.66. The topological polar surface area (TPSA) is 106 Å². The van der Waals surface area contributed by atoms with Gasteiger partial charge in [-0.15, -0.1) is 11.8 Å². The second kappa shape index (κ2) is 9.38. The molecule has 0 atom stereocenters. The molecule has 8 heteroatoms. The zero-order valence-electron chi connectivity index (χ0n) is 16.7. The van der Waals surface area contributed by atoms with Gasteiger partial charge in [-0.2, -0.15) is 15.0 Å². The summed E-state index contributed by atoms with van der Waals surface area (Å²) in [6.45, 7) is 6.09. The first-order valence-electron chi connectivity index (χ1n) is 9.18. The first-order chi connectivity index (χ1) is 13.9. The van der Waals surface area contributed by atoms with Crippen LogP contribution < -0.4 is 16.4 Å². The molecule has 4 N–H and O–H groups in total. The number of nitrogens with two attached hydrogens (primary N) is 1. The maximum absolute atomic E-state index is 12.2. The second-order valence-corrected chi connectivity index (χ2v) is 7.75. The quantitative estimate of drug-likeness (QED) is 0.543. The zero-order valence-corrected chi connectivity index (χ0v) is 17.5. The van der Waals surface area contributed by atoms with Crippen LogP contribution in [0, 0.1) is 20.8 Å². The number of carbonyl (C=O) groups is 1. The number of carbonyl (C=O) groups excluding carboxylic acids is 1. The molecule has 0 unspecified atom stereocenters. The van der Waals surface area contributed by atoms with E-state index in [9.17, 15) is 4.79 Å². The largest absolute Gasteiger partial charge is 0.368 e. The van der Waals surface area contributed by atoms with E-state index in [1.54, 1.807) is 0 Å². The summed E-state index contributed by atoms with van der Waals surface area (Å²) in [5.74, 6) is 1.73. The van der Waals surface area contributed by atoms with Crippen LogP contribution in [0.4, 0.5) is 23.3 Å². The predicted molar refractivity (Wildman–Crippen MR) is 119 cm³/mol. The Labute approximate surface area is 174 Å². The molecule has 7 nitrogen and oxygen atoms in total. The number of nitrogens with zero attached hydrogens (tertiary/aromatic N) is 3. The van der Waals surface area contributed by atoms with Gasteiger partial charge < -0.3 is 16.4 Å². The number of nitrogens with one attached hydrogen (secondary N) is 2. The minimum absolute atomic E-state index is 0.0710. The van der Waals surface area contributed by atoms with E-state index in [1.165, 1.54) is 22.9 Å². The number of aromatic nitrogens is 3. The van der Waals surface area contributed by atoms with Gasteiger partial charge in [-0.1, -0.05) is 23.8 Å². The smallest absolute Gasteiger partial charge is 0.234 e. The van der Waals surface area contributed by atoms with Crippen LogP contribution in [0.5, 0.6) is 0 Å². The third-order valence-corrected chi connectivity index (χ3v) is 5.19. The minimum Gasteiger partial charge on any atom is -0.368 e. The number of benzene rings is 2. The Balaban J connectivity index is 1.54. The number of nitrogen functional groups attached to an aromatic ring is 1. The molecule has 1 amide bonds. The summed E-state index contributed by atoms with van der Waals surface area (Å²) in [6.07, 6.45) is 0. The van der Waals surface area contributed by atoms with E-state index in [1.807, 2.05) is 63.2 Å². The first-order valence-corrected chi connectivity index (χ1v) is 10.3. The summed E-state index contributed by atoms with van der Waals surface area (Å²) >= 11 is 1.42. The van der Waals surface area contributed by atoms with Gasteiger partial charge in [0.25, 0.3) is 0 Å². The maximum atomic E-state index is 12.2. The Hall–Kier alpha value is -3.13. The lowest BCUT2D eigenvalue weighted by atomic mass is 10.1. The van der Waals surface area contributed by atoms with Gasteiger partial charge in [0.15, 0.2) is 0 Å². The monoisotopic (exact) mass is 408 g/mol. The predicted octanol–water partition coefficient (Wildman–Crippen LogP) is 3.99. The number of hydrogen-bond donors (Lipinski definition) is 3. The van der Waals surface area contributed by atoms with Crippen LogP contribution in [0.15, 0.2) is 42.5 Å². The average Bonchev–Trinajstić information content (AvgIpc) is 2.66. The molecule has 0 aliphatic heterocycles. The molecule has 3 rings (SSSR count). The van der Waals surface area contributed by atoms with Crippen LogP contribution in [-0.2, 0) is 10.5 Å². The molecule has 0 aliphatic carbocycles. The Morgan fingerprint density at radius 3 is 2.41 bits per heavy atom. The third-order valence-electron chi connectivity index (χ3n) is 4.26. The van der Waals surface area contributed by atoms with E-state index in [2.05, 4.69) is 25.6 Å². The molecule has 0 aliphatic rings. The fraction of sp³-hybridized carbons (Fsp3) is 0.238. The van der Waals surface area contributed by atoms with Crippen molar-refractivity contribution in [2.45, 2.75) is 26.5 Å². The van der Waals surface area contributed by atoms with Crippen molar-refractivity contribution in [1.29, 1.82) is 0 Å². The molecule has 0 spiro atoms. The Bertz CT molecular complexity index is 1010. The first kappa shape index (κ1) is 20.6. The van der Waals surface area contributed by atoms with Gasteiger partial charge in [-0.3, -0.25) is 4.79 Å². The van der Waals surface area contributed by atoms with Crippen LogP contribution >= 0.6 is 11.8 Å². The molecule has 0 radical (unpaired) electrons. The molecule has 0 saturated heterocycles. The molecule has 29 heavy (non-hydrogen) atoms. The van der Waals surface area contributed by atoms with Crippen molar-refractivity contribution in [1.82, 2.24) is 15.0 Å². The average molecular weight is 409 g/mol. The molecule has 1 heterocycles. The van der Waals surface area contributed by atoms with E-state index in [0.29, 0.717) is 23.3 Å². The fourth-order valence-corrected chi connectivity index (χ4v) is 3.25. The SMILES string of the molecule is Cc1ccc(Nc2nc(N)nc(CSCC(=O)Nc3ccc(C)c(C)c3)n2)cc1. The fourth-order valence-electron chi connectivity index (χ4n) is 2.58. The van der Waals surface area contributed by atoms with Crippen LogP contribution in [0.25, 0.3) is 0 Å². The lowest BCUT2D eigenvalue weighted by Gasteiger charge is -2.09. The van der Waals surface area contributed by atoms with Gasteiger partial charge in [0.2, 0.25) is 17.8 Å². The van der Waals surface area contributed by atoms with E-state index in [-0.39, 0.29) is 11.9 Å². The molecule has 1 aromatic heterocycles. The summed E-state index contributed by atoms with van der Waals surface area (Å²) in [5, 5.41) is 6.03. The number of thioether (sulfide) groups is 1. The van der Waals surface area contributed by atoms with Crippen molar-refractivity contribution in [3.63, 3.8) is 0 Å². The van der Waals surface area contributed by atoms with Gasteiger partial charge >= 0.3 is 0 Å². The highest BCUT2D eigenvalue weighted by Gasteiger charge is 2.08. The van der Waals surface area contributed by atoms with Crippen molar-refractivity contribution in [2.24, 2.45) is 0 Å². The molecule has 0 saturated carbocycles. The highest BCUT2D eigenvalue weighted by molar-refractivity contribution is 7.99. The summed E-state index contributed by atoms with van der Waals surface area (Å²) in [6, 6.07) is 13.7. The standard InChI is InChI=1S/C21H24N6OS/c1-13-4-7-16(8-5-13)24-21-26-18(25-20(22)27-21)11-29-12-19(28)23-17-9-6-14(2)15(3)10-17/h4-10H,11-12H2,1-3H3,(H,23,28)(H3,22,24,25,26,27). The van der Waals surface area contributed by atoms with Gasteiger partial charge in [0, 0.05) is 11.4 Å². The van der Waals surface area contributed by atoms with Gasteiger partial charge in [0.05, 0.1) is 11.5 Å². The van der Waals surface area contributed by atoms with Crippen LogP contribution in [0.2, 0.25) is 0 Å². The second-order valence-electron chi connectivity index (χ2n) is 6.76. The highest BCUT2D eigenvalue weighted by Crippen LogP contribution is 2.17. The van der Waals surface area contributed by atoms with Gasteiger partial charge in [0.1, 0.15) is 5.82 Å². The molecule has 0 bridgehead atoms. The Morgan fingerprint density at radius 2 is 1.69 bits per heavy atom. The maximum Gasteiger partial charge on any atom is 0.234 e. The number of amides is 1. The number of aryl methyl sites for hydroxylation is 3. The lowest BCUT2D eigenvalue weighted by molar-refractivity contribution is -0.113. The van der Waals surface area contributed by atoms with E-state index in [0.717, 1.165) is 16.9 Å². The molecule has 0 fully saturated rings. The van der Waals surface area contributed by atoms with Gasteiger partial charge in [-0.25, -0.2) is 0 Å². The summed E-state index contributed by atoms with van der Waals surface area (Å²) < 4.78 is 0. The van der Waals surface area contributed by atoms with Gasteiger partial charge in [-0.05, 0) is 56.2 Å². The Morgan fingerprint density at radius 1 is 0.966 bits per heavy atom. The summed E-state index contributed by atoms with van der Waals surface area (Å²) in [5.41, 5.74) is 11.0. The van der Waals surface area contributed by atoms with E-state index >= 15 is 0 Å². The van der Waals surface area contributed by atoms with Crippen molar-refractivity contribution in [3.05, 3.63) is 65.0 Å². The summed E-state index contributed by atoms with van der Waals surface area (Å²) in [4.78, 5) is 24.8. The minimum atomic E-state index is -0.0710. The summed E-state index contributed by atoms with van der Waals surface area (Å²) in [7, 11) is 0. The highest BCUT2D eigenvalue weighted by atomic mass is 32.2. The number of hydrogen-bond acceptors (Lipinski definition) is 7. The normalized spacial score (nSPS) is 10.6. The number of anilines is 4. The molecular weight excluding hydrogens is 384 g/mol. The van der Waals surface area contributed by atoms with Crippen molar-refractivity contribution in [3.8, 4) is 0 Å². The number of rotatable bonds is 7. The third kappa shape index (κ3) is 6.18. The van der Waals surface area contributed by atoms with E-state index in [4.69, 9.17) is 5.73 Å². The molecule has 2 aromatic carbocycles. The van der Waals surface area contributed by atoms with Crippen molar-refractivity contribution in [2.75, 3.05) is 22.1 Å². The lowest BCUT2D eigenvalue weighted by Crippen LogP contribution is -2.14.